The van der Waals surface area contributed by atoms with E-state index in [0.717, 1.165) is 11.3 Å². The number of carbonyl (C=O) groups excluding carboxylic acids is 2. The molecule has 0 saturated carbocycles. The largest absolute Gasteiger partial charge is 0.497 e. The van der Waals surface area contributed by atoms with E-state index in [-0.39, 0.29) is 23.8 Å². The van der Waals surface area contributed by atoms with Crippen molar-refractivity contribution >= 4 is 11.8 Å². The van der Waals surface area contributed by atoms with Crippen molar-refractivity contribution in [3.63, 3.8) is 0 Å². The van der Waals surface area contributed by atoms with E-state index in [0.29, 0.717) is 25.6 Å². The first kappa shape index (κ1) is 18.7. The van der Waals surface area contributed by atoms with Crippen LogP contribution in [0.25, 0.3) is 0 Å². The average molecular weight is 360 g/mol. The van der Waals surface area contributed by atoms with Crippen LogP contribution in [0.15, 0.2) is 24.3 Å². The number of hydrogen-bond acceptors (Lipinski definition) is 4. The fourth-order valence-electron chi connectivity index (χ4n) is 4.23. The maximum absolute atomic E-state index is 12.8. The van der Waals surface area contributed by atoms with Crippen molar-refractivity contribution in [3.8, 4) is 5.75 Å². The van der Waals surface area contributed by atoms with E-state index >= 15 is 0 Å². The highest BCUT2D eigenvalue weighted by Crippen LogP contribution is 2.45. The highest BCUT2D eigenvalue weighted by Gasteiger charge is 2.50. The van der Waals surface area contributed by atoms with Crippen LogP contribution in [0.2, 0.25) is 0 Å². The lowest BCUT2D eigenvalue weighted by atomic mass is 9.89. The molecule has 0 bridgehead atoms. The van der Waals surface area contributed by atoms with E-state index in [1.54, 1.807) is 35.0 Å². The molecular formula is C20H28N2O4. The number of ether oxygens (including phenoxy) is 2. The summed E-state index contributed by atoms with van der Waals surface area (Å²) in [6, 6.07) is 7.88. The molecule has 0 radical (unpaired) electrons. The predicted octanol–water partition coefficient (Wildman–Crippen LogP) is 2.10. The Morgan fingerprint density at radius 2 is 1.73 bits per heavy atom. The first-order chi connectivity index (χ1) is 12.3. The lowest BCUT2D eigenvalue weighted by molar-refractivity contribution is -0.150. The molecular weight excluding hydrogens is 332 g/mol. The van der Waals surface area contributed by atoms with Gasteiger partial charge in [-0.05, 0) is 31.5 Å². The third kappa shape index (κ3) is 3.18. The summed E-state index contributed by atoms with van der Waals surface area (Å²) in [6.07, 6.45) is 0. The van der Waals surface area contributed by atoms with Gasteiger partial charge in [0.15, 0.2) is 0 Å². The summed E-state index contributed by atoms with van der Waals surface area (Å²) < 4.78 is 10.6. The molecule has 2 aliphatic heterocycles. The van der Waals surface area contributed by atoms with Crippen LogP contribution in [0, 0.1) is 11.8 Å². The van der Waals surface area contributed by atoms with Crippen LogP contribution < -0.4 is 4.74 Å². The van der Waals surface area contributed by atoms with Gasteiger partial charge in [-0.3, -0.25) is 9.59 Å². The van der Waals surface area contributed by atoms with Gasteiger partial charge in [-0.25, -0.2) is 0 Å². The van der Waals surface area contributed by atoms with Crippen LogP contribution in [0.4, 0.5) is 0 Å². The van der Waals surface area contributed by atoms with Crippen molar-refractivity contribution in [1.82, 2.24) is 9.80 Å². The molecule has 2 saturated heterocycles. The molecule has 2 fully saturated rings. The zero-order valence-corrected chi connectivity index (χ0v) is 16.2. The second kappa shape index (κ2) is 6.91. The third-order valence-electron chi connectivity index (χ3n) is 5.84. The van der Waals surface area contributed by atoms with Crippen molar-refractivity contribution in [2.45, 2.75) is 32.4 Å². The topological polar surface area (TPSA) is 59.1 Å². The van der Waals surface area contributed by atoms with Gasteiger partial charge in [0.25, 0.3) is 5.91 Å². The summed E-state index contributed by atoms with van der Waals surface area (Å²) in [5.41, 5.74) is 0.267. The summed E-state index contributed by atoms with van der Waals surface area (Å²) in [5, 5.41) is 0. The maximum Gasteiger partial charge on any atom is 0.254 e. The molecule has 0 spiro atoms. The number of carbonyl (C=O) groups is 2. The lowest BCUT2D eigenvalue weighted by Gasteiger charge is -2.32. The second-order valence-electron chi connectivity index (χ2n) is 7.74. The van der Waals surface area contributed by atoms with Crippen LogP contribution in [0.1, 0.15) is 32.4 Å². The van der Waals surface area contributed by atoms with Gasteiger partial charge in [0.2, 0.25) is 5.91 Å². The standard InChI is InChI=1S/C20H28N2O4/c1-13(23)22-11-15-10-21(19(24)20(2,3)26-5)12-17(15)18(22)14-6-8-16(25-4)9-7-14/h6-9,15,17-18H,10-12H2,1-5H3/t15-,17-,18+/m1/s1. The molecule has 142 valence electrons. The molecule has 0 aliphatic carbocycles. The molecule has 1 aromatic rings. The molecule has 2 aliphatic rings. The Hall–Kier alpha value is -2.08. The molecule has 6 nitrogen and oxygen atoms in total. The fourth-order valence-corrected chi connectivity index (χ4v) is 4.23. The zero-order chi connectivity index (χ0) is 19.1. The highest BCUT2D eigenvalue weighted by molar-refractivity contribution is 5.85. The van der Waals surface area contributed by atoms with Gasteiger partial charge in [-0.2, -0.15) is 0 Å². The normalized spacial score (nSPS) is 25.3. The molecule has 26 heavy (non-hydrogen) atoms. The van der Waals surface area contributed by atoms with Crippen LogP contribution in [0.5, 0.6) is 5.75 Å². The lowest BCUT2D eigenvalue weighted by Crippen LogP contribution is -2.46. The zero-order valence-electron chi connectivity index (χ0n) is 16.2. The Morgan fingerprint density at radius 3 is 2.27 bits per heavy atom. The SMILES string of the molecule is COc1ccc([C@H]2[C@@H]3CN(C(=O)C(C)(C)OC)C[C@@H]3CN2C(C)=O)cc1. The molecule has 2 heterocycles. The molecule has 0 unspecified atom stereocenters. The number of amides is 2. The number of rotatable bonds is 4. The second-order valence-corrected chi connectivity index (χ2v) is 7.74. The Bertz CT molecular complexity index is 686. The quantitative estimate of drug-likeness (QED) is 0.825. The Labute approximate surface area is 155 Å². The average Bonchev–Trinajstić information content (AvgIpc) is 3.19. The van der Waals surface area contributed by atoms with Gasteiger partial charge >= 0.3 is 0 Å². The van der Waals surface area contributed by atoms with Crippen molar-refractivity contribution in [3.05, 3.63) is 29.8 Å². The van der Waals surface area contributed by atoms with Gasteiger partial charge in [0, 0.05) is 45.5 Å². The van der Waals surface area contributed by atoms with Crippen molar-refractivity contribution in [1.29, 1.82) is 0 Å². The van der Waals surface area contributed by atoms with Crippen LogP contribution >= 0.6 is 0 Å². The molecule has 0 aromatic heterocycles. The summed E-state index contributed by atoms with van der Waals surface area (Å²) in [7, 11) is 3.20. The van der Waals surface area contributed by atoms with E-state index in [1.807, 2.05) is 34.1 Å². The van der Waals surface area contributed by atoms with E-state index in [2.05, 4.69) is 0 Å². The molecule has 2 amide bonds. The molecule has 3 rings (SSSR count). The van der Waals surface area contributed by atoms with Crippen molar-refractivity contribution in [2.24, 2.45) is 11.8 Å². The Balaban J connectivity index is 1.85. The summed E-state index contributed by atoms with van der Waals surface area (Å²) in [6.45, 7) is 7.23. The molecule has 3 atom stereocenters. The molecule has 0 N–H and O–H groups in total. The maximum atomic E-state index is 12.8. The smallest absolute Gasteiger partial charge is 0.254 e. The first-order valence-corrected chi connectivity index (χ1v) is 9.04. The third-order valence-corrected chi connectivity index (χ3v) is 5.84. The van der Waals surface area contributed by atoms with E-state index in [9.17, 15) is 9.59 Å². The van der Waals surface area contributed by atoms with Gasteiger partial charge in [-0.1, -0.05) is 12.1 Å². The minimum Gasteiger partial charge on any atom is -0.497 e. The summed E-state index contributed by atoms with van der Waals surface area (Å²) in [5.74, 6) is 1.42. The number of likely N-dealkylation sites (tertiary alicyclic amines) is 2. The predicted molar refractivity (Wildman–Crippen MR) is 97.8 cm³/mol. The number of benzene rings is 1. The minimum atomic E-state index is -0.825. The summed E-state index contributed by atoms with van der Waals surface area (Å²) in [4.78, 5) is 28.8. The Morgan fingerprint density at radius 1 is 1.08 bits per heavy atom. The number of methoxy groups -OCH3 is 2. The monoisotopic (exact) mass is 360 g/mol. The number of nitrogens with zero attached hydrogens (tertiary/aromatic N) is 2. The van der Waals surface area contributed by atoms with Crippen LogP contribution in [0.3, 0.4) is 0 Å². The Kier molecular flexibility index (Phi) is 4.97. The number of fused-ring (bicyclic) bond motifs is 1. The van der Waals surface area contributed by atoms with Gasteiger partial charge < -0.3 is 19.3 Å². The van der Waals surface area contributed by atoms with E-state index in [1.165, 1.54) is 0 Å². The first-order valence-electron chi connectivity index (χ1n) is 9.04. The highest BCUT2D eigenvalue weighted by atomic mass is 16.5. The summed E-state index contributed by atoms with van der Waals surface area (Å²) >= 11 is 0. The van der Waals surface area contributed by atoms with E-state index in [4.69, 9.17) is 9.47 Å². The van der Waals surface area contributed by atoms with Gasteiger partial charge in [0.1, 0.15) is 11.4 Å². The van der Waals surface area contributed by atoms with Gasteiger partial charge in [-0.15, -0.1) is 0 Å². The van der Waals surface area contributed by atoms with Crippen LogP contribution in [-0.2, 0) is 14.3 Å². The minimum absolute atomic E-state index is 0.00753. The molecule has 6 heteroatoms. The van der Waals surface area contributed by atoms with E-state index < -0.39 is 5.60 Å². The number of hydrogen-bond donors (Lipinski definition) is 0. The molecule has 1 aromatic carbocycles. The fraction of sp³-hybridized carbons (Fsp3) is 0.600. The van der Waals surface area contributed by atoms with Crippen molar-refractivity contribution < 1.29 is 19.1 Å². The van der Waals surface area contributed by atoms with Crippen molar-refractivity contribution in [2.75, 3.05) is 33.9 Å². The van der Waals surface area contributed by atoms with Gasteiger partial charge in [0.05, 0.1) is 13.2 Å². The van der Waals surface area contributed by atoms with Crippen LogP contribution in [-0.4, -0.2) is 61.1 Å².